The van der Waals surface area contributed by atoms with Crippen molar-refractivity contribution in [2.45, 2.75) is 20.3 Å². The van der Waals surface area contributed by atoms with Crippen LogP contribution in [0.4, 0.5) is 5.69 Å². The Hall–Kier alpha value is -1.58. The van der Waals surface area contributed by atoms with E-state index in [0.29, 0.717) is 18.3 Å². The molecule has 0 saturated heterocycles. The van der Waals surface area contributed by atoms with Crippen molar-refractivity contribution >= 4 is 5.69 Å². The van der Waals surface area contributed by atoms with Gasteiger partial charge in [0.05, 0.1) is 11.5 Å². The van der Waals surface area contributed by atoms with E-state index in [9.17, 15) is 10.1 Å². The molecule has 0 aliphatic carbocycles. The number of nitro benzene ring substituents is 1. The minimum atomic E-state index is -0.418. The highest BCUT2D eigenvalue weighted by Crippen LogP contribution is 2.18. The lowest BCUT2D eigenvalue weighted by Crippen LogP contribution is -2.07. The molecular formula is C11H15NO3. The molecule has 0 fully saturated rings. The largest absolute Gasteiger partial charge is 0.493 e. The number of nitrogens with zero attached hydrogens (tertiary/aromatic N) is 1. The molecule has 0 N–H and O–H groups in total. The van der Waals surface area contributed by atoms with E-state index in [-0.39, 0.29) is 5.69 Å². The van der Waals surface area contributed by atoms with Crippen molar-refractivity contribution in [2.24, 2.45) is 5.92 Å². The third-order valence-electron chi connectivity index (χ3n) is 2.28. The van der Waals surface area contributed by atoms with Gasteiger partial charge in [-0.15, -0.1) is 0 Å². The van der Waals surface area contributed by atoms with Gasteiger partial charge in [-0.25, -0.2) is 0 Å². The summed E-state index contributed by atoms with van der Waals surface area (Å²) in [5.74, 6) is 1.18. The minimum absolute atomic E-state index is 0.0888. The average molecular weight is 209 g/mol. The molecule has 0 aliphatic heterocycles. The number of ether oxygens (including phenoxy) is 1. The van der Waals surface area contributed by atoms with Crippen LogP contribution < -0.4 is 4.74 Å². The summed E-state index contributed by atoms with van der Waals surface area (Å²) in [5.41, 5.74) is 0.0888. The highest BCUT2D eigenvalue weighted by atomic mass is 16.6. The standard InChI is InChI=1S/C11H15NO3/c1-3-9(2)8-15-11-6-4-10(5-7-11)12(13)14/h4-7,9H,3,8H2,1-2H3. The molecule has 0 bridgehead atoms. The van der Waals surface area contributed by atoms with E-state index < -0.39 is 4.92 Å². The Bertz CT molecular complexity index is 321. The molecule has 4 heteroatoms. The molecule has 0 aliphatic rings. The maximum atomic E-state index is 10.4. The summed E-state index contributed by atoms with van der Waals surface area (Å²) in [7, 11) is 0. The predicted molar refractivity (Wildman–Crippen MR) is 58.0 cm³/mol. The Kier molecular flexibility index (Phi) is 4.09. The third kappa shape index (κ3) is 3.58. The average Bonchev–Trinajstić information content (AvgIpc) is 2.26. The molecule has 15 heavy (non-hydrogen) atoms. The summed E-state index contributed by atoms with van der Waals surface area (Å²) in [4.78, 5) is 9.97. The molecule has 0 heterocycles. The van der Waals surface area contributed by atoms with Crippen LogP contribution in [0.15, 0.2) is 24.3 Å². The molecule has 1 aromatic rings. The zero-order valence-electron chi connectivity index (χ0n) is 8.97. The lowest BCUT2D eigenvalue weighted by Gasteiger charge is -2.10. The number of hydrogen-bond acceptors (Lipinski definition) is 3. The van der Waals surface area contributed by atoms with Crippen LogP contribution in [0.25, 0.3) is 0 Å². The van der Waals surface area contributed by atoms with E-state index in [0.717, 1.165) is 6.42 Å². The molecule has 1 atom stereocenters. The monoisotopic (exact) mass is 209 g/mol. The van der Waals surface area contributed by atoms with Crippen molar-refractivity contribution in [1.82, 2.24) is 0 Å². The normalized spacial score (nSPS) is 12.1. The summed E-state index contributed by atoms with van der Waals surface area (Å²) in [6, 6.07) is 6.15. The van der Waals surface area contributed by atoms with E-state index in [2.05, 4.69) is 13.8 Å². The van der Waals surface area contributed by atoms with Gasteiger partial charge in [0, 0.05) is 12.1 Å². The van der Waals surface area contributed by atoms with Crippen molar-refractivity contribution in [3.63, 3.8) is 0 Å². The Balaban J connectivity index is 2.53. The molecule has 1 rings (SSSR count). The molecule has 0 spiro atoms. The summed E-state index contributed by atoms with van der Waals surface area (Å²) in [6.07, 6.45) is 1.06. The highest BCUT2D eigenvalue weighted by Gasteiger charge is 2.05. The third-order valence-corrected chi connectivity index (χ3v) is 2.28. The van der Waals surface area contributed by atoms with Crippen LogP contribution in [-0.2, 0) is 0 Å². The molecule has 0 radical (unpaired) electrons. The Morgan fingerprint density at radius 2 is 2.00 bits per heavy atom. The van der Waals surface area contributed by atoms with E-state index >= 15 is 0 Å². The van der Waals surface area contributed by atoms with Crippen LogP contribution in [0.2, 0.25) is 0 Å². The highest BCUT2D eigenvalue weighted by molar-refractivity contribution is 5.35. The van der Waals surface area contributed by atoms with Crippen LogP contribution in [0.3, 0.4) is 0 Å². The molecular weight excluding hydrogens is 194 g/mol. The topological polar surface area (TPSA) is 52.4 Å². The zero-order valence-corrected chi connectivity index (χ0v) is 8.97. The number of benzene rings is 1. The van der Waals surface area contributed by atoms with Crippen molar-refractivity contribution in [3.05, 3.63) is 34.4 Å². The minimum Gasteiger partial charge on any atom is -0.493 e. The first kappa shape index (κ1) is 11.5. The van der Waals surface area contributed by atoms with Gasteiger partial charge in [0.25, 0.3) is 5.69 Å². The second-order valence-corrected chi connectivity index (χ2v) is 3.58. The van der Waals surface area contributed by atoms with Gasteiger partial charge >= 0.3 is 0 Å². The molecule has 1 aromatic carbocycles. The SMILES string of the molecule is CCC(C)COc1ccc([N+](=O)[O-])cc1. The van der Waals surface area contributed by atoms with Gasteiger partial charge in [0.1, 0.15) is 5.75 Å². The van der Waals surface area contributed by atoms with Crippen molar-refractivity contribution in [3.8, 4) is 5.75 Å². The van der Waals surface area contributed by atoms with Crippen LogP contribution in [0, 0.1) is 16.0 Å². The molecule has 4 nitrogen and oxygen atoms in total. The molecule has 1 unspecified atom stereocenters. The van der Waals surface area contributed by atoms with Crippen molar-refractivity contribution < 1.29 is 9.66 Å². The van der Waals surface area contributed by atoms with E-state index in [1.165, 1.54) is 12.1 Å². The van der Waals surface area contributed by atoms with Crippen molar-refractivity contribution in [2.75, 3.05) is 6.61 Å². The molecule has 0 aromatic heterocycles. The van der Waals surface area contributed by atoms with Gasteiger partial charge in [-0.05, 0) is 18.1 Å². The molecule has 0 saturated carbocycles. The molecule has 82 valence electrons. The maximum absolute atomic E-state index is 10.4. The number of rotatable bonds is 5. The Morgan fingerprint density at radius 1 is 1.40 bits per heavy atom. The van der Waals surface area contributed by atoms with Crippen LogP contribution in [0.5, 0.6) is 5.75 Å². The number of hydrogen-bond donors (Lipinski definition) is 0. The van der Waals surface area contributed by atoms with Gasteiger partial charge in [0.15, 0.2) is 0 Å². The Labute approximate surface area is 89.0 Å². The summed E-state index contributed by atoms with van der Waals surface area (Å²) in [6.45, 7) is 4.85. The fourth-order valence-corrected chi connectivity index (χ4v) is 1.02. The van der Waals surface area contributed by atoms with Gasteiger partial charge in [-0.2, -0.15) is 0 Å². The lowest BCUT2D eigenvalue weighted by molar-refractivity contribution is -0.384. The first-order valence-electron chi connectivity index (χ1n) is 5.00. The van der Waals surface area contributed by atoms with Gasteiger partial charge < -0.3 is 4.74 Å². The van der Waals surface area contributed by atoms with Crippen LogP contribution in [0.1, 0.15) is 20.3 Å². The smallest absolute Gasteiger partial charge is 0.269 e. The van der Waals surface area contributed by atoms with E-state index in [1.807, 2.05) is 0 Å². The van der Waals surface area contributed by atoms with E-state index in [1.54, 1.807) is 12.1 Å². The van der Waals surface area contributed by atoms with Crippen LogP contribution in [-0.4, -0.2) is 11.5 Å². The molecule has 0 amide bonds. The summed E-state index contributed by atoms with van der Waals surface area (Å²) in [5, 5.41) is 10.4. The van der Waals surface area contributed by atoms with E-state index in [4.69, 9.17) is 4.74 Å². The summed E-state index contributed by atoms with van der Waals surface area (Å²) < 4.78 is 5.47. The van der Waals surface area contributed by atoms with Gasteiger partial charge in [-0.1, -0.05) is 20.3 Å². The zero-order chi connectivity index (χ0) is 11.3. The lowest BCUT2D eigenvalue weighted by atomic mass is 10.1. The first-order valence-corrected chi connectivity index (χ1v) is 5.00. The van der Waals surface area contributed by atoms with Crippen LogP contribution >= 0.6 is 0 Å². The Morgan fingerprint density at radius 3 is 2.47 bits per heavy atom. The second-order valence-electron chi connectivity index (χ2n) is 3.58. The quantitative estimate of drug-likeness (QED) is 0.553. The van der Waals surface area contributed by atoms with Crippen molar-refractivity contribution in [1.29, 1.82) is 0 Å². The second kappa shape index (κ2) is 5.34. The first-order chi connectivity index (χ1) is 7.13. The number of nitro groups is 1. The number of non-ortho nitro benzene ring substituents is 1. The van der Waals surface area contributed by atoms with Gasteiger partial charge in [-0.3, -0.25) is 10.1 Å². The van der Waals surface area contributed by atoms with Gasteiger partial charge in [0.2, 0.25) is 0 Å². The summed E-state index contributed by atoms with van der Waals surface area (Å²) >= 11 is 0. The fraction of sp³-hybridized carbons (Fsp3) is 0.455. The maximum Gasteiger partial charge on any atom is 0.269 e. The predicted octanol–water partition coefficient (Wildman–Crippen LogP) is 3.02. The fourth-order valence-electron chi connectivity index (χ4n) is 1.02.